The summed E-state index contributed by atoms with van der Waals surface area (Å²) in [5.74, 6) is 0.0208. The van der Waals surface area contributed by atoms with Crippen LogP contribution in [0.2, 0.25) is 4.34 Å². The standard InChI is InChI=1S/C12H9ClN2O4S/c1-19-9-5-3-2-4-7(9)14-12(16)10-6-8(15(17)18)11(13)20-10/h2-6H,1H3,(H,14,16). The van der Waals surface area contributed by atoms with Crippen molar-refractivity contribution < 1.29 is 14.5 Å². The molecule has 104 valence electrons. The molecule has 20 heavy (non-hydrogen) atoms. The monoisotopic (exact) mass is 312 g/mol. The number of hydrogen-bond acceptors (Lipinski definition) is 5. The van der Waals surface area contributed by atoms with E-state index in [2.05, 4.69) is 5.32 Å². The van der Waals surface area contributed by atoms with Crippen LogP contribution in [0.1, 0.15) is 9.67 Å². The Morgan fingerprint density at radius 2 is 2.15 bits per heavy atom. The molecule has 2 rings (SSSR count). The molecule has 2 aromatic rings. The van der Waals surface area contributed by atoms with Crippen molar-refractivity contribution in [3.05, 3.63) is 49.7 Å². The van der Waals surface area contributed by atoms with Gasteiger partial charge in [0.15, 0.2) is 4.34 Å². The van der Waals surface area contributed by atoms with Gasteiger partial charge in [0.2, 0.25) is 0 Å². The number of para-hydroxylation sites is 2. The zero-order chi connectivity index (χ0) is 14.7. The van der Waals surface area contributed by atoms with E-state index in [0.29, 0.717) is 11.4 Å². The lowest BCUT2D eigenvalue weighted by Crippen LogP contribution is -2.10. The van der Waals surface area contributed by atoms with Gasteiger partial charge < -0.3 is 10.1 Å². The van der Waals surface area contributed by atoms with Crippen LogP contribution >= 0.6 is 22.9 Å². The van der Waals surface area contributed by atoms with Crippen LogP contribution in [-0.2, 0) is 0 Å². The SMILES string of the molecule is COc1ccccc1NC(=O)c1cc([N+](=O)[O-])c(Cl)s1. The van der Waals surface area contributed by atoms with Crippen molar-refractivity contribution in [2.24, 2.45) is 0 Å². The molecule has 1 N–H and O–H groups in total. The molecular weight excluding hydrogens is 304 g/mol. The fraction of sp³-hybridized carbons (Fsp3) is 0.0833. The summed E-state index contributed by atoms with van der Waals surface area (Å²) in [6, 6.07) is 8.01. The van der Waals surface area contributed by atoms with E-state index in [-0.39, 0.29) is 14.9 Å². The van der Waals surface area contributed by atoms with E-state index >= 15 is 0 Å². The second kappa shape index (κ2) is 5.89. The molecular formula is C12H9ClN2O4S. The number of halogens is 1. The van der Waals surface area contributed by atoms with Gasteiger partial charge in [0.05, 0.1) is 17.7 Å². The highest BCUT2D eigenvalue weighted by molar-refractivity contribution is 7.18. The van der Waals surface area contributed by atoms with Crippen LogP contribution in [0.5, 0.6) is 5.75 Å². The van der Waals surface area contributed by atoms with Gasteiger partial charge in [0.25, 0.3) is 11.6 Å². The summed E-state index contributed by atoms with van der Waals surface area (Å²) in [6.45, 7) is 0. The Bertz CT molecular complexity index is 671. The molecule has 1 amide bonds. The maximum absolute atomic E-state index is 12.0. The van der Waals surface area contributed by atoms with E-state index in [1.165, 1.54) is 7.11 Å². The lowest BCUT2D eigenvalue weighted by atomic mass is 10.3. The Labute approximate surface area is 123 Å². The van der Waals surface area contributed by atoms with Crippen LogP contribution < -0.4 is 10.1 Å². The number of amides is 1. The average molecular weight is 313 g/mol. The first-order chi connectivity index (χ1) is 9.52. The molecule has 0 bridgehead atoms. The summed E-state index contributed by atoms with van der Waals surface area (Å²) in [5.41, 5.74) is 0.203. The highest BCUT2D eigenvalue weighted by Gasteiger charge is 2.21. The van der Waals surface area contributed by atoms with Crippen LogP contribution in [0, 0.1) is 10.1 Å². The number of ether oxygens (including phenoxy) is 1. The number of thiophene rings is 1. The van der Waals surface area contributed by atoms with E-state index < -0.39 is 10.8 Å². The van der Waals surface area contributed by atoms with Gasteiger partial charge >= 0.3 is 0 Å². The largest absolute Gasteiger partial charge is 0.495 e. The number of benzene rings is 1. The second-order valence-electron chi connectivity index (χ2n) is 3.68. The van der Waals surface area contributed by atoms with Crippen molar-refractivity contribution in [1.29, 1.82) is 0 Å². The number of nitrogens with one attached hydrogen (secondary N) is 1. The lowest BCUT2D eigenvalue weighted by molar-refractivity contribution is -0.384. The molecule has 0 radical (unpaired) electrons. The molecule has 8 heteroatoms. The van der Waals surface area contributed by atoms with Gasteiger partial charge in [-0.3, -0.25) is 14.9 Å². The van der Waals surface area contributed by atoms with Crippen LogP contribution in [0.4, 0.5) is 11.4 Å². The molecule has 0 spiro atoms. The topological polar surface area (TPSA) is 81.5 Å². The van der Waals surface area contributed by atoms with Crippen molar-refractivity contribution in [3.8, 4) is 5.75 Å². The lowest BCUT2D eigenvalue weighted by Gasteiger charge is -2.08. The van der Waals surface area contributed by atoms with Crippen LogP contribution in [0.25, 0.3) is 0 Å². The first-order valence-corrected chi connectivity index (χ1v) is 6.60. The van der Waals surface area contributed by atoms with Crippen molar-refractivity contribution in [2.45, 2.75) is 0 Å². The Balaban J connectivity index is 2.24. The Morgan fingerprint density at radius 1 is 1.45 bits per heavy atom. The Hall–Kier alpha value is -2.12. The van der Waals surface area contributed by atoms with E-state index in [9.17, 15) is 14.9 Å². The number of methoxy groups -OCH3 is 1. The molecule has 0 atom stereocenters. The smallest absolute Gasteiger partial charge is 0.299 e. The summed E-state index contributed by atoms with van der Waals surface area (Å²) in [5, 5.41) is 13.3. The average Bonchev–Trinajstić information content (AvgIpc) is 2.81. The molecule has 0 aliphatic rings. The molecule has 0 saturated heterocycles. The number of nitrogens with zero attached hydrogens (tertiary/aromatic N) is 1. The number of rotatable bonds is 4. The number of carbonyl (C=O) groups excluding carboxylic acids is 1. The van der Waals surface area contributed by atoms with Crippen molar-refractivity contribution >= 4 is 40.2 Å². The molecule has 0 fully saturated rings. The molecule has 0 saturated carbocycles. The van der Waals surface area contributed by atoms with Gasteiger partial charge in [-0.15, -0.1) is 11.3 Å². The van der Waals surface area contributed by atoms with Crippen molar-refractivity contribution in [2.75, 3.05) is 12.4 Å². The number of carbonyl (C=O) groups is 1. The minimum Gasteiger partial charge on any atom is -0.495 e. The highest BCUT2D eigenvalue weighted by Crippen LogP contribution is 2.34. The van der Waals surface area contributed by atoms with Gasteiger partial charge in [0.1, 0.15) is 10.6 Å². The fourth-order valence-corrected chi connectivity index (χ4v) is 2.65. The predicted octanol–water partition coefficient (Wildman–Crippen LogP) is 3.57. The molecule has 0 aliphatic carbocycles. The number of nitro groups is 1. The van der Waals surface area contributed by atoms with Gasteiger partial charge in [-0.2, -0.15) is 0 Å². The maximum atomic E-state index is 12.0. The van der Waals surface area contributed by atoms with E-state index in [1.807, 2.05) is 0 Å². The third-order valence-corrected chi connectivity index (χ3v) is 3.78. The first-order valence-electron chi connectivity index (χ1n) is 5.41. The zero-order valence-corrected chi connectivity index (χ0v) is 11.8. The quantitative estimate of drug-likeness (QED) is 0.691. The summed E-state index contributed by atoms with van der Waals surface area (Å²) < 4.78 is 5.08. The third kappa shape index (κ3) is 2.89. The van der Waals surface area contributed by atoms with Gasteiger partial charge in [-0.05, 0) is 12.1 Å². The maximum Gasteiger partial charge on any atom is 0.299 e. The summed E-state index contributed by atoms with van der Waals surface area (Å²) in [7, 11) is 1.48. The fourth-order valence-electron chi connectivity index (χ4n) is 1.53. The van der Waals surface area contributed by atoms with Gasteiger partial charge in [-0.25, -0.2) is 0 Å². The number of anilines is 1. The molecule has 0 aliphatic heterocycles. The van der Waals surface area contributed by atoms with Gasteiger partial charge in [-0.1, -0.05) is 23.7 Å². The minimum atomic E-state index is -0.626. The van der Waals surface area contributed by atoms with Crippen molar-refractivity contribution in [3.63, 3.8) is 0 Å². The van der Waals surface area contributed by atoms with E-state index in [1.54, 1.807) is 24.3 Å². The van der Waals surface area contributed by atoms with Crippen LogP contribution in [-0.4, -0.2) is 17.9 Å². The highest BCUT2D eigenvalue weighted by atomic mass is 35.5. The summed E-state index contributed by atoms with van der Waals surface area (Å²) in [4.78, 5) is 22.3. The summed E-state index contributed by atoms with van der Waals surface area (Å²) in [6.07, 6.45) is 0. The van der Waals surface area contributed by atoms with Crippen molar-refractivity contribution in [1.82, 2.24) is 0 Å². The number of hydrogen-bond donors (Lipinski definition) is 1. The predicted molar refractivity (Wildman–Crippen MR) is 76.9 cm³/mol. The van der Waals surface area contributed by atoms with E-state index in [4.69, 9.17) is 16.3 Å². The zero-order valence-electron chi connectivity index (χ0n) is 10.3. The second-order valence-corrected chi connectivity index (χ2v) is 5.34. The first kappa shape index (κ1) is 14.3. The molecule has 1 aromatic carbocycles. The molecule has 1 aromatic heterocycles. The Kier molecular flexibility index (Phi) is 4.21. The minimum absolute atomic E-state index is 0.0276. The molecule has 1 heterocycles. The van der Waals surface area contributed by atoms with Gasteiger partial charge in [0, 0.05) is 6.07 Å². The van der Waals surface area contributed by atoms with Crippen LogP contribution in [0.15, 0.2) is 30.3 Å². The normalized spacial score (nSPS) is 10.1. The summed E-state index contributed by atoms with van der Waals surface area (Å²) >= 11 is 6.57. The Morgan fingerprint density at radius 3 is 2.75 bits per heavy atom. The van der Waals surface area contributed by atoms with E-state index in [0.717, 1.165) is 17.4 Å². The third-order valence-electron chi connectivity index (χ3n) is 2.44. The molecule has 6 nitrogen and oxygen atoms in total. The molecule has 0 unspecified atom stereocenters. The van der Waals surface area contributed by atoms with Crippen LogP contribution in [0.3, 0.4) is 0 Å².